The first-order chi connectivity index (χ1) is 9.13. The van der Waals surface area contributed by atoms with Gasteiger partial charge in [-0.1, -0.05) is 40.0 Å². The fourth-order valence-electron chi connectivity index (χ4n) is 1.73. The highest BCUT2D eigenvalue weighted by atomic mass is 16.3. The molecular formula is C16H31NO2. The quantitative estimate of drug-likeness (QED) is 0.502. The van der Waals surface area contributed by atoms with E-state index in [-0.39, 0.29) is 0 Å². The van der Waals surface area contributed by atoms with E-state index in [0.29, 0.717) is 24.4 Å². The van der Waals surface area contributed by atoms with E-state index in [1.807, 2.05) is 4.90 Å². The zero-order valence-corrected chi connectivity index (χ0v) is 12.9. The van der Waals surface area contributed by atoms with E-state index in [9.17, 15) is 10.2 Å². The van der Waals surface area contributed by atoms with Crippen LogP contribution in [0.1, 0.15) is 72.1 Å². The SMILES string of the molecule is CCCCC(O)=CN(C=C(O)CCCC)CCCC. The molecule has 0 saturated carbocycles. The zero-order valence-electron chi connectivity index (χ0n) is 12.9. The molecule has 112 valence electrons. The second-order valence-corrected chi connectivity index (χ2v) is 5.04. The van der Waals surface area contributed by atoms with E-state index in [1.165, 1.54) is 0 Å². The van der Waals surface area contributed by atoms with E-state index in [1.54, 1.807) is 12.4 Å². The van der Waals surface area contributed by atoms with Crippen molar-refractivity contribution in [3.63, 3.8) is 0 Å². The maximum atomic E-state index is 9.85. The van der Waals surface area contributed by atoms with Crippen molar-refractivity contribution < 1.29 is 10.2 Å². The Morgan fingerprint density at radius 1 is 0.789 bits per heavy atom. The molecule has 3 nitrogen and oxygen atoms in total. The molecule has 0 aliphatic rings. The first-order valence-corrected chi connectivity index (χ1v) is 7.69. The topological polar surface area (TPSA) is 43.7 Å². The number of hydrogen-bond acceptors (Lipinski definition) is 3. The van der Waals surface area contributed by atoms with Crippen molar-refractivity contribution in [2.75, 3.05) is 6.54 Å². The van der Waals surface area contributed by atoms with Gasteiger partial charge in [0.05, 0.1) is 0 Å². The predicted molar refractivity (Wildman–Crippen MR) is 82.1 cm³/mol. The van der Waals surface area contributed by atoms with Crippen molar-refractivity contribution in [1.82, 2.24) is 4.90 Å². The van der Waals surface area contributed by atoms with Gasteiger partial charge in [0.2, 0.25) is 0 Å². The lowest BCUT2D eigenvalue weighted by molar-refractivity contribution is 0.337. The van der Waals surface area contributed by atoms with Crippen LogP contribution in [0.3, 0.4) is 0 Å². The Balaban J connectivity index is 4.51. The minimum atomic E-state index is 0.400. The van der Waals surface area contributed by atoms with Crippen LogP contribution in [0, 0.1) is 0 Å². The summed E-state index contributed by atoms with van der Waals surface area (Å²) in [7, 11) is 0. The Labute approximate surface area is 118 Å². The molecular weight excluding hydrogens is 238 g/mol. The van der Waals surface area contributed by atoms with Crippen LogP contribution in [0.5, 0.6) is 0 Å². The number of hydrogen-bond donors (Lipinski definition) is 2. The van der Waals surface area contributed by atoms with Crippen molar-refractivity contribution in [2.24, 2.45) is 0 Å². The highest BCUT2D eigenvalue weighted by Gasteiger charge is 2.02. The molecule has 0 radical (unpaired) electrons. The molecule has 0 heterocycles. The first-order valence-electron chi connectivity index (χ1n) is 7.69. The Bertz CT molecular complexity index is 248. The number of aliphatic hydroxyl groups excluding tert-OH is 2. The van der Waals surface area contributed by atoms with Crippen LogP contribution in [0.4, 0.5) is 0 Å². The molecule has 0 spiro atoms. The maximum absolute atomic E-state index is 9.85. The molecule has 19 heavy (non-hydrogen) atoms. The van der Waals surface area contributed by atoms with Gasteiger partial charge in [-0.3, -0.25) is 0 Å². The van der Waals surface area contributed by atoms with Crippen LogP contribution < -0.4 is 0 Å². The number of nitrogens with zero attached hydrogens (tertiary/aromatic N) is 1. The molecule has 0 fully saturated rings. The van der Waals surface area contributed by atoms with Crippen LogP contribution in [0.15, 0.2) is 23.9 Å². The number of rotatable bonds is 11. The standard InChI is InChI=1S/C16H31NO2/c1-4-7-10-15(18)13-17(12-9-6-3)14-16(19)11-8-5-2/h13-14,18-19H,4-12H2,1-3H3. The lowest BCUT2D eigenvalue weighted by Gasteiger charge is -2.17. The molecule has 2 N–H and O–H groups in total. The van der Waals surface area contributed by atoms with Gasteiger partial charge in [-0.2, -0.15) is 0 Å². The summed E-state index contributed by atoms with van der Waals surface area (Å²) in [5.74, 6) is 0.801. The fourth-order valence-corrected chi connectivity index (χ4v) is 1.73. The lowest BCUT2D eigenvalue weighted by atomic mass is 10.2. The summed E-state index contributed by atoms with van der Waals surface area (Å²) in [6, 6.07) is 0. The second kappa shape index (κ2) is 11.9. The summed E-state index contributed by atoms with van der Waals surface area (Å²) in [6.45, 7) is 7.19. The summed E-state index contributed by atoms with van der Waals surface area (Å²) in [5.41, 5.74) is 0. The largest absolute Gasteiger partial charge is 0.511 e. The average molecular weight is 269 g/mol. The average Bonchev–Trinajstić information content (AvgIpc) is 2.40. The van der Waals surface area contributed by atoms with Crippen LogP contribution in [0.25, 0.3) is 0 Å². The van der Waals surface area contributed by atoms with E-state index >= 15 is 0 Å². The highest BCUT2D eigenvalue weighted by Crippen LogP contribution is 2.10. The van der Waals surface area contributed by atoms with Crippen LogP contribution in [0.2, 0.25) is 0 Å². The highest BCUT2D eigenvalue weighted by molar-refractivity contribution is 4.99. The third kappa shape index (κ3) is 10.5. The molecule has 0 atom stereocenters. The fraction of sp³-hybridized carbons (Fsp3) is 0.750. The molecule has 0 aliphatic heterocycles. The molecule has 0 bridgehead atoms. The number of unbranched alkanes of at least 4 members (excludes halogenated alkanes) is 3. The van der Waals surface area contributed by atoms with Gasteiger partial charge in [0.25, 0.3) is 0 Å². The smallest absolute Gasteiger partial charge is 0.108 e. The Morgan fingerprint density at radius 2 is 1.21 bits per heavy atom. The van der Waals surface area contributed by atoms with Crippen molar-refractivity contribution in [3.8, 4) is 0 Å². The second-order valence-electron chi connectivity index (χ2n) is 5.04. The van der Waals surface area contributed by atoms with Crippen molar-refractivity contribution in [3.05, 3.63) is 23.9 Å². The molecule has 3 heteroatoms. The molecule has 0 saturated heterocycles. The molecule has 0 rings (SSSR count). The lowest BCUT2D eigenvalue weighted by Crippen LogP contribution is -2.13. The van der Waals surface area contributed by atoms with Gasteiger partial charge in [-0.05, 0) is 19.3 Å². The first kappa shape index (κ1) is 17.9. The number of aliphatic hydroxyl groups is 2. The predicted octanol–water partition coefficient (Wildman–Crippen LogP) is 5.27. The summed E-state index contributed by atoms with van der Waals surface area (Å²) in [6.07, 6.45) is 11.2. The van der Waals surface area contributed by atoms with E-state index < -0.39 is 0 Å². The molecule has 0 aromatic carbocycles. The monoisotopic (exact) mass is 269 g/mol. The van der Waals surface area contributed by atoms with E-state index in [0.717, 1.165) is 45.1 Å². The summed E-state index contributed by atoms with van der Waals surface area (Å²) >= 11 is 0. The zero-order chi connectivity index (χ0) is 14.5. The maximum Gasteiger partial charge on any atom is 0.108 e. The van der Waals surface area contributed by atoms with Gasteiger partial charge in [-0.25, -0.2) is 0 Å². The Hall–Kier alpha value is -1.12. The van der Waals surface area contributed by atoms with Crippen molar-refractivity contribution in [2.45, 2.75) is 72.1 Å². The molecule has 0 amide bonds. The third-order valence-corrected chi connectivity index (χ3v) is 2.97. The van der Waals surface area contributed by atoms with Gasteiger partial charge in [0.1, 0.15) is 11.5 Å². The van der Waals surface area contributed by atoms with Crippen LogP contribution in [-0.2, 0) is 0 Å². The summed E-state index contributed by atoms with van der Waals surface area (Å²) in [4.78, 5) is 1.92. The van der Waals surface area contributed by atoms with Gasteiger partial charge < -0.3 is 15.1 Å². The summed E-state index contributed by atoms with van der Waals surface area (Å²) in [5, 5.41) is 19.7. The van der Waals surface area contributed by atoms with E-state index in [4.69, 9.17) is 0 Å². The Kier molecular flexibility index (Phi) is 11.2. The number of allylic oxidation sites excluding steroid dienone is 2. The minimum Gasteiger partial charge on any atom is -0.511 e. The van der Waals surface area contributed by atoms with Crippen LogP contribution in [-0.4, -0.2) is 21.7 Å². The third-order valence-electron chi connectivity index (χ3n) is 2.97. The van der Waals surface area contributed by atoms with Crippen LogP contribution >= 0.6 is 0 Å². The molecule has 0 aliphatic carbocycles. The normalized spacial score (nSPS) is 12.8. The molecule has 0 aromatic rings. The van der Waals surface area contributed by atoms with Gasteiger partial charge >= 0.3 is 0 Å². The summed E-state index contributed by atoms with van der Waals surface area (Å²) < 4.78 is 0. The van der Waals surface area contributed by atoms with Gasteiger partial charge in [0, 0.05) is 31.8 Å². The van der Waals surface area contributed by atoms with Crippen molar-refractivity contribution >= 4 is 0 Å². The van der Waals surface area contributed by atoms with Crippen molar-refractivity contribution in [1.29, 1.82) is 0 Å². The Morgan fingerprint density at radius 3 is 1.58 bits per heavy atom. The van der Waals surface area contributed by atoms with E-state index in [2.05, 4.69) is 20.8 Å². The molecule has 0 aromatic heterocycles. The molecule has 0 unspecified atom stereocenters. The van der Waals surface area contributed by atoms with Gasteiger partial charge in [0.15, 0.2) is 0 Å². The minimum absolute atomic E-state index is 0.400. The van der Waals surface area contributed by atoms with Gasteiger partial charge in [-0.15, -0.1) is 0 Å².